The molecule has 0 saturated heterocycles. The molecule has 0 spiro atoms. The number of ether oxygens (including phenoxy) is 1. The topological polar surface area (TPSA) is 21.3 Å². The predicted molar refractivity (Wildman–Crippen MR) is 68.9 cm³/mol. The number of benzene rings is 1. The lowest BCUT2D eigenvalue weighted by Gasteiger charge is -2.19. The van der Waals surface area contributed by atoms with Crippen molar-refractivity contribution in [1.82, 2.24) is 5.32 Å². The minimum atomic E-state index is 0.401. The maximum absolute atomic E-state index is 5.78. The Bertz CT molecular complexity index is 299. The van der Waals surface area contributed by atoms with Gasteiger partial charge in [-0.15, -0.1) is 0 Å². The molecule has 1 unspecified atom stereocenters. The smallest absolute Gasteiger partial charge is 0.124 e. The van der Waals surface area contributed by atoms with E-state index >= 15 is 0 Å². The normalized spacial score (nSPS) is 12.4. The van der Waals surface area contributed by atoms with Crippen molar-refractivity contribution < 1.29 is 4.74 Å². The molecule has 0 aromatic heterocycles. The van der Waals surface area contributed by atoms with Crippen LogP contribution in [0, 0.1) is 0 Å². The summed E-state index contributed by atoms with van der Waals surface area (Å²) in [5.41, 5.74) is 1.28. The fourth-order valence-electron chi connectivity index (χ4n) is 1.83. The maximum atomic E-state index is 5.78. The molecule has 2 nitrogen and oxygen atoms in total. The molecule has 16 heavy (non-hydrogen) atoms. The Hall–Kier alpha value is -1.02. The summed E-state index contributed by atoms with van der Waals surface area (Å²) in [6.07, 6.45) is 2.13. The molecule has 1 rings (SSSR count). The summed E-state index contributed by atoms with van der Waals surface area (Å²) >= 11 is 0. The van der Waals surface area contributed by atoms with Crippen molar-refractivity contribution in [2.45, 2.75) is 39.7 Å². The zero-order valence-corrected chi connectivity index (χ0v) is 10.6. The lowest BCUT2D eigenvalue weighted by Crippen LogP contribution is -2.20. The highest BCUT2D eigenvalue weighted by atomic mass is 16.5. The molecule has 0 fully saturated rings. The Morgan fingerprint density at radius 1 is 1.19 bits per heavy atom. The molecule has 1 aromatic carbocycles. The molecule has 1 aromatic rings. The van der Waals surface area contributed by atoms with Gasteiger partial charge in [-0.1, -0.05) is 39.0 Å². The molecule has 0 bridgehead atoms. The van der Waals surface area contributed by atoms with Crippen molar-refractivity contribution >= 4 is 0 Å². The van der Waals surface area contributed by atoms with E-state index in [1.54, 1.807) is 0 Å². The van der Waals surface area contributed by atoms with Gasteiger partial charge in [-0.25, -0.2) is 0 Å². The number of hydrogen-bond acceptors (Lipinski definition) is 2. The summed E-state index contributed by atoms with van der Waals surface area (Å²) < 4.78 is 5.78. The first-order valence-corrected chi connectivity index (χ1v) is 6.28. The SMILES string of the molecule is CCCOc1ccccc1C(CC)NCC. The number of nitrogens with one attached hydrogen (secondary N) is 1. The molecule has 0 saturated carbocycles. The fraction of sp³-hybridized carbons (Fsp3) is 0.571. The van der Waals surface area contributed by atoms with E-state index in [1.807, 2.05) is 6.07 Å². The van der Waals surface area contributed by atoms with Crippen molar-refractivity contribution in [2.24, 2.45) is 0 Å². The Morgan fingerprint density at radius 2 is 1.94 bits per heavy atom. The van der Waals surface area contributed by atoms with Crippen LogP contribution in [0.5, 0.6) is 5.75 Å². The van der Waals surface area contributed by atoms with Crippen LogP contribution in [0.1, 0.15) is 45.2 Å². The molecule has 0 aliphatic carbocycles. The monoisotopic (exact) mass is 221 g/mol. The van der Waals surface area contributed by atoms with E-state index < -0.39 is 0 Å². The van der Waals surface area contributed by atoms with Crippen molar-refractivity contribution in [3.63, 3.8) is 0 Å². The third-order valence-corrected chi connectivity index (χ3v) is 2.61. The first-order valence-electron chi connectivity index (χ1n) is 6.28. The van der Waals surface area contributed by atoms with E-state index in [-0.39, 0.29) is 0 Å². The van der Waals surface area contributed by atoms with Gasteiger partial charge in [0.2, 0.25) is 0 Å². The minimum absolute atomic E-state index is 0.401. The predicted octanol–water partition coefficient (Wildman–Crippen LogP) is 3.54. The van der Waals surface area contributed by atoms with Crippen LogP contribution in [-0.2, 0) is 0 Å². The fourth-order valence-corrected chi connectivity index (χ4v) is 1.83. The second-order valence-corrected chi connectivity index (χ2v) is 3.90. The van der Waals surface area contributed by atoms with E-state index in [1.165, 1.54) is 5.56 Å². The van der Waals surface area contributed by atoms with Gasteiger partial charge in [-0.3, -0.25) is 0 Å². The van der Waals surface area contributed by atoms with E-state index in [0.29, 0.717) is 6.04 Å². The minimum Gasteiger partial charge on any atom is -0.493 e. The van der Waals surface area contributed by atoms with Gasteiger partial charge in [0.1, 0.15) is 5.75 Å². The Kier molecular flexibility index (Phi) is 5.94. The highest BCUT2D eigenvalue weighted by molar-refractivity contribution is 5.35. The Labute approximate surface area is 99.0 Å². The molecule has 1 N–H and O–H groups in total. The lowest BCUT2D eigenvalue weighted by molar-refractivity contribution is 0.309. The third-order valence-electron chi connectivity index (χ3n) is 2.61. The van der Waals surface area contributed by atoms with Gasteiger partial charge in [0, 0.05) is 11.6 Å². The first kappa shape index (κ1) is 13.0. The standard InChI is InChI=1S/C14H23NO/c1-4-11-16-14-10-8-7-9-12(14)13(5-2)15-6-3/h7-10,13,15H,4-6,11H2,1-3H3. The molecule has 2 heteroatoms. The van der Waals surface area contributed by atoms with Gasteiger partial charge < -0.3 is 10.1 Å². The Morgan fingerprint density at radius 3 is 2.56 bits per heavy atom. The molecular weight excluding hydrogens is 198 g/mol. The summed E-state index contributed by atoms with van der Waals surface area (Å²) in [5.74, 6) is 1.03. The van der Waals surface area contributed by atoms with Crippen molar-refractivity contribution in [3.05, 3.63) is 29.8 Å². The first-order chi connectivity index (χ1) is 7.83. The van der Waals surface area contributed by atoms with Crippen LogP contribution < -0.4 is 10.1 Å². The molecule has 0 aliphatic rings. The number of para-hydroxylation sites is 1. The van der Waals surface area contributed by atoms with E-state index in [9.17, 15) is 0 Å². The highest BCUT2D eigenvalue weighted by Gasteiger charge is 2.12. The van der Waals surface area contributed by atoms with Crippen LogP contribution in [0.25, 0.3) is 0 Å². The van der Waals surface area contributed by atoms with Crippen LogP contribution in [0.15, 0.2) is 24.3 Å². The summed E-state index contributed by atoms with van der Waals surface area (Å²) in [6.45, 7) is 8.24. The van der Waals surface area contributed by atoms with E-state index in [4.69, 9.17) is 4.74 Å². The summed E-state index contributed by atoms with van der Waals surface area (Å²) in [4.78, 5) is 0. The summed E-state index contributed by atoms with van der Waals surface area (Å²) in [7, 11) is 0. The molecule has 0 amide bonds. The van der Waals surface area contributed by atoms with Gasteiger partial charge in [0.25, 0.3) is 0 Å². The molecule has 0 radical (unpaired) electrons. The van der Waals surface area contributed by atoms with Crippen LogP contribution >= 0.6 is 0 Å². The van der Waals surface area contributed by atoms with Crippen molar-refractivity contribution in [1.29, 1.82) is 0 Å². The summed E-state index contributed by atoms with van der Waals surface area (Å²) in [6, 6.07) is 8.73. The highest BCUT2D eigenvalue weighted by Crippen LogP contribution is 2.27. The summed E-state index contributed by atoms with van der Waals surface area (Å²) in [5, 5.41) is 3.49. The maximum Gasteiger partial charge on any atom is 0.124 e. The average molecular weight is 221 g/mol. The largest absolute Gasteiger partial charge is 0.493 e. The second kappa shape index (κ2) is 7.29. The van der Waals surface area contributed by atoms with Gasteiger partial charge >= 0.3 is 0 Å². The van der Waals surface area contributed by atoms with E-state index in [2.05, 4.69) is 44.3 Å². The van der Waals surface area contributed by atoms with Gasteiger partial charge in [0.15, 0.2) is 0 Å². The van der Waals surface area contributed by atoms with Gasteiger partial charge in [-0.05, 0) is 25.5 Å². The average Bonchev–Trinajstić information content (AvgIpc) is 2.34. The van der Waals surface area contributed by atoms with Gasteiger partial charge in [0.05, 0.1) is 6.61 Å². The van der Waals surface area contributed by atoms with Crippen LogP contribution in [0.4, 0.5) is 0 Å². The van der Waals surface area contributed by atoms with Crippen molar-refractivity contribution in [2.75, 3.05) is 13.2 Å². The zero-order chi connectivity index (χ0) is 11.8. The van der Waals surface area contributed by atoms with Crippen LogP contribution in [0.2, 0.25) is 0 Å². The molecular formula is C14H23NO. The molecule has 1 atom stereocenters. The number of hydrogen-bond donors (Lipinski definition) is 1. The second-order valence-electron chi connectivity index (χ2n) is 3.90. The molecule has 0 aliphatic heterocycles. The van der Waals surface area contributed by atoms with Gasteiger partial charge in [-0.2, -0.15) is 0 Å². The molecule has 0 heterocycles. The van der Waals surface area contributed by atoms with Crippen LogP contribution in [-0.4, -0.2) is 13.2 Å². The third kappa shape index (κ3) is 3.53. The quantitative estimate of drug-likeness (QED) is 0.760. The van der Waals surface area contributed by atoms with Crippen molar-refractivity contribution in [3.8, 4) is 5.75 Å². The van der Waals surface area contributed by atoms with Crippen LogP contribution in [0.3, 0.4) is 0 Å². The Balaban J connectivity index is 2.82. The van der Waals surface area contributed by atoms with E-state index in [0.717, 1.165) is 31.7 Å². The zero-order valence-electron chi connectivity index (χ0n) is 10.6. The number of rotatable bonds is 7. The molecule has 90 valence electrons. The lowest BCUT2D eigenvalue weighted by atomic mass is 10.0.